The van der Waals surface area contributed by atoms with Crippen molar-refractivity contribution in [1.29, 1.82) is 0 Å². The molecule has 68 valence electrons. The summed E-state index contributed by atoms with van der Waals surface area (Å²) in [5, 5.41) is 0. The molecule has 1 atom stereocenters. The molecule has 12 heavy (non-hydrogen) atoms. The Morgan fingerprint density at radius 3 is 3.00 bits per heavy atom. The van der Waals surface area contributed by atoms with E-state index >= 15 is 0 Å². The van der Waals surface area contributed by atoms with Crippen molar-refractivity contribution < 1.29 is 9.47 Å². The van der Waals surface area contributed by atoms with Crippen LogP contribution in [0.4, 0.5) is 0 Å². The Morgan fingerprint density at radius 2 is 2.50 bits per heavy atom. The van der Waals surface area contributed by atoms with Crippen molar-refractivity contribution in [2.24, 2.45) is 5.73 Å². The zero-order valence-corrected chi connectivity index (χ0v) is 7.63. The van der Waals surface area contributed by atoms with E-state index in [1.807, 2.05) is 13.8 Å². The van der Waals surface area contributed by atoms with E-state index in [1.165, 1.54) is 0 Å². The molecule has 1 heterocycles. The summed E-state index contributed by atoms with van der Waals surface area (Å²) in [6.45, 7) is 8.49. The van der Waals surface area contributed by atoms with E-state index in [0.29, 0.717) is 5.95 Å². The third kappa shape index (κ3) is 1.80. The molecule has 3 heteroatoms. The van der Waals surface area contributed by atoms with Gasteiger partial charge in [0, 0.05) is 0 Å². The summed E-state index contributed by atoms with van der Waals surface area (Å²) in [4.78, 5) is 0. The molecule has 1 aliphatic heterocycles. The van der Waals surface area contributed by atoms with Crippen molar-refractivity contribution in [2.75, 3.05) is 6.61 Å². The number of allylic oxidation sites excluding steroid dienone is 1. The number of hydrogen-bond acceptors (Lipinski definition) is 2. The van der Waals surface area contributed by atoms with E-state index in [9.17, 15) is 0 Å². The first kappa shape index (κ1) is 9.13. The molecule has 0 radical (unpaired) electrons. The fraction of sp³-hybridized carbons (Fsp3) is 0.556. The van der Waals surface area contributed by atoms with Gasteiger partial charge in [-0.3, -0.25) is 5.73 Å². The maximum Gasteiger partial charge on any atom is 0.458 e. The molecule has 3 N–H and O–H groups in total. The van der Waals surface area contributed by atoms with Gasteiger partial charge in [-0.15, -0.1) is 0 Å². The quantitative estimate of drug-likeness (QED) is 0.643. The average molecular weight is 170 g/mol. The lowest BCUT2D eigenvalue weighted by atomic mass is 10.1. The third-order valence-electron chi connectivity index (χ3n) is 1.74. The Morgan fingerprint density at radius 1 is 1.83 bits per heavy atom. The van der Waals surface area contributed by atoms with Gasteiger partial charge in [0.15, 0.2) is 0 Å². The van der Waals surface area contributed by atoms with Crippen LogP contribution in [0.5, 0.6) is 0 Å². The molecule has 3 nitrogen and oxygen atoms in total. The van der Waals surface area contributed by atoms with E-state index in [4.69, 9.17) is 10.5 Å². The van der Waals surface area contributed by atoms with E-state index in [-0.39, 0.29) is 6.23 Å². The molecule has 1 aliphatic rings. The highest BCUT2D eigenvalue weighted by Crippen LogP contribution is 2.26. The molecule has 0 bridgehead atoms. The number of rotatable bonds is 3. The molecule has 0 aromatic carbocycles. The average Bonchev–Trinajstić information content (AvgIpc) is 2.32. The van der Waals surface area contributed by atoms with Gasteiger partial charge >= 0.3 is 5.95 Å². The molecule has 0 aliphatic carbocycles. The van der Waals surface area contributed by atoms with E-state index in [0.717, 1.165) is 24.2 Å². The minimum Gasteiger partial charge on any atom is -0.557 e. The molecule has 0 aromatic heterocycles. The maximum atomic E-state index is 5.62. The molecule has 0 saturated carbocycles. The monoisotopic (exact) mass is 170 g/mol. The van der Waals surface area contributed by atoms with Gasteiger partial charge in [-0.05, 0) is 19.4 Å². The second kappa shape index (κ2) is 3.63. The first-order valence-electron chi connectivity index (χ1n) is 4.14. The van der Waals surface area contributed by atoms with Gasteiger partial charge in [0.25, 0.3) is 0 Å². The highest BCUT2D eigenvalue weighted by atomic mass is 16.7. The smallest absolute Gasteiger partial charge is 0.458 e. The summed E-state index contributed by atoms with van der Waals surface area (Å²) in [7, 11) is 0. The standard InChI is InChI=1S/C9H15NO2/c1-4-11-9-7(6(2)3)5-8(10)12-9/h8H,2,4-5,10H2,1,3H3/p+1. The van der Waals surface area contributed by atoms with Crippen LogP contribution >= 0.6 is 0 Å². The molecular weight excluding hydrogens is 154 g/mol. The minimum absolute atomic E-state index is 0.234. The Bertz CT molecular complexity index is 221. The molecule has 1 rings (SSSR count). The molecule has 1 unspecified atom stereocenters. The molecule has 0 amide bonds. The molecule has 0 spiro atoms. The Labute approximate surface area is 72.8 Å². The van der Waals surface area contributed by atoms with Gasteiger partial charge in [0.1, 0.15) is 12.2 Å². The Kier molecular flexibility index (Phi) is 2.76. The number of nitrogens with two attached hydrogens (primary N) is 1. The van der Waals surface area contributed by atoms with Crippen LogP contribution in [0.15, 0.2) is 23.7 Å². The normalized spacial score (nSPS) is 22.4. The summed E-state index contributed by atoms with van der Waals surface area (Å²) in [5.74, 6) is 0.678. The zero-order chi connectivity index (χ0) is 9.14. The minimum atomic E-state index is -0.234. The van der Waals surface area contributed by atoms with Gasteiger partial charge in [0.05, 0.1) is 6.42 Å². The summed E-state index contributed by atoms with van der Waals surface area (Å²) in [5.41, 5.74) is 7.67. The van der Waals surface area contributed by atoms with Crippen LogP contribution in [-0.2, 0) is 4.74 Å². The summed E-state index contributed by atoms with van der Waals surface area (Å²) in [6, 6.07) is 0. The second-order valence-electron chi connectivity index (χ2n) is 2.90. The predicted molar refractivity (Wildman–Crippen MR) is 48.3 cm³/mol. The van der Waals surface area contributed by atoms with Crippen LogP contribution < -0.4 is 5.73 Å². The maximum absolute atomic E-state index is 5.62. The fourth-order valence-corrected chi connectivity index (χ4v) is 1.18. The summed E-state index contributed by atoms with van der Waals surface area (Å²) in [6.07, 6.45) is 0.496. The van der Waals surface area contributed by atoms with Crippen molar-refractivity contribution in [1.82, 2.24) is 0 Å². The summed E-state index contributed by atoms with van der Waals surface area (Å²) < 4.78 is 9.50. The largest absolute Gasteiger partial charge is 0.557 e. The molecule has 0 saturated heterocycles. The number of ether oxygens (including phenoxy) is 2. The lowest BCUT2D eigenvalue weighted by molar-refractivity contribution is -0.0785. The van der Waals surface area contributed by atoms with Gasteiger partial charge in [0.2, 0.25) is 6.23 Å². The topological polar surface area (TPSA) is 48.0 Å². The van der Waals surface area contributed by atoms with E-state index in [1.54, 1.807) is 0 Å². The van der Waals surface area contributed by atoms with E-state index in [2.05, 4.69) is 11.3 Å². The second-order valence-corrected chi connectivity index (χ2v) is 2.90. The molecule has 0 aromatic rings. The summed E-state index contributed by atoms with van der Waals surface area (Å²) >= 11 is 0. The molecule has 0 fully saturated rings. The van der Waals surface area contributed by atoms with Gasteiger partial charge < -0.3 is 9.47 Å². The lowest BCUT2D eigenvalue weighted by Crippen LogP contribution is -2.19. The Hall–Kier alpha value is -0.960. The van der Waals surface area contributed by atoms with Crippen LogP contribution in [0.1, 0.15) is 20.3 Å². The van der Waals surface area contributed by atoms with Gasteiger partial charge in [-0.2, -0.15) is 0 Å². The Balaban J connectivity index is 2.74. The van der Waals surface area contributed by atoms with Gasteiger partial charge in [-0.25, -0.2) is 0 Å². The predicted octanol–water partition coefficient (Wildman–Crippen LogP) is 1.03. The van der Waals surface area contributed by atoms with E-state index < -0.39 is 0 Å². The first-order valence-corrected chi connectivity index (χ1v) is 4.14. The molecular formula is C9H16NO2+. The van der Waals surface area contributed by atoms with Crippen molar-refractivity contribution in [2.45, 2.75) is 26.5 Å². The fourth-order valence-electron chi connectivity index (χ4n) is 1.18. The van der Waals surface area contributed by atoms with Crippen LogP contribution in [0.2, 0.25) is 0 Å². The highest BCUT2D eigenvalue weighted by molar-refractivity contribution is 5.29. The van der Waals surface area contributed by atoms with Crippen molar-refractivity contribution in [3.05, 3.63) is 23.7 Å². The van der Waals surface area contributed by atoms with Crippen molar-refractivity contribution in [3.8, 4) is 0 Å². The third-order valence-corrected chi connectivity index (χ3v) is 1.74. The van der Waals surface area contributed by atoms with Crippen molar-refractivity contribution >= 4 is 0 Å². The van der Waals surface area contributed by atoms with Crippen LogP contribution in [0.25, 0.3) is 0 Å². The number of hydrogen-bond donors (Lipinski definition) is 1. The number of aliphatic hydroxyl groups is 2. The first-order chi connectivity index (χ1) is 5.65. The lowest BCUT2D eigenvalue weighted by Gasteiger charge is -2.01. The van der Waals surface area contributed by atoms with Crippen LogP contribution in [-0.4, -0.2) is 17.6 Å². The van der Waals surface area contributed by atoms with Crippen LogP contribution in [0.3, 0.4) is 0 Å². The van der Waals surface area contributed by atoms with Crippen LogP contribution in [0, 0.1) is 0 Å². The van der Waals surface area contributed by atoms with Gasteiger partial charge in [-0.1, -0.05) is 6.58 Å². The zero-order valence-electron chi connectivity index (χ0n) is 7.63. The van der Waals surface area contributed by atoms with Crippen molar-refractivity contribution in [3.63, 3.8) is 0 Å². The highest BCUT2D eigenvalue weighted by Gasteiger charge is 2.32. The SMILES string of the molecule is C=C(C)C1=C([OH+]CC)OC(N)C1.